The van der Waals surface area contributed by atoms with Crippen molar-refractivity contribution in [3.63, 3.8) is 0 Å². The lowest BCUT2D eigenvalue weighted by Crippen LogP contribution is -2.21. The molecule has 0 spiro atoms. The van der Waals surface area contributed by atoms with Crippen molar-refractivity contribution >= 4 is 45.1 Å². The maximum Gasteiger partial charge on any atom is 0.338 e. The maximum absolute atomic E-state index is 12.0. The van der Waals surface area contributed by atoms with Crippen LogP contribution in [0.3, 0.4) is 0 Å². The standard InChI is InChI=1S/C19H16BrN3O4/c1-12-10-15(6-7-16(12)20)23-18(25)11-27-19(26)13-2-4-14(5-3-13)22-17(24)8-9-21/h2-7,10H,8,11H2,1H3,(H,22,24)(H,23,25). The molecule has 8 heteroatoms. The van der Waals surface area contributed by atoms with Gasteiger partial charge in [-0.2, -0.15) is 5.26 Å². The van der Waals surface area contributed by atoms with Crippen LogP contribution in [0.2, 0.25) is 0 Å². The van der Waals surface area contributed by atoms with Crippen LogP contribution in [0.1, 0.15) is 22.3 Å². The molecule has 2 rings (SSSR count). The highest BCUT2D eigenvalue weighted by molar-refractivity contribution is 9.10. The molecule has 0 aliphatic rings. The molecule has 0 atom stereocenters. The van der Waals surface area contributed by atoms with Gasteiger partial charge in [0.1, 0.15) is 6.42 Å². The molecule has 27 heavy (non-hydrogen) atoms. The van der Waals surface area contributed by atoms with Crippen LogP contribution in [0.4, 0.5) is 11.4 Å². The van der Waals surface area contributed by atoms with E-state index in [9.17, 15) is 14.4 Å². The van der Waals surface area contributed by atoms with Crippen LogP contribution in [-0.2, 0) is 14.3 Å². The molecule has 0 fully saturated rings. The van der Waals surface area contributed by atoms with E-state index in [-0.39, 0.29) is 12.0 Å². The van der Waals surface area contributed by atoms with E-state index in [0.717, 1.165) is 10.0 Å². The van der Waals surface area contributed by atoms with Crippen LogP contribution in [-0.4, -0.2) is 24.4 Å². The Labute approximate surface area is 164 Å². The molecule has 0 heterocycles. The van der Waals surface area contributed by atoms with E-state index in [2.05, 4.69) is 26.6 Å². The van der Waals surface area contributed by atoms with Gasteiger partial charge in [0.2, 0.25) is 5.91 Å². The molecule has 0 radical (unpaired) electrons. The van der Waals surface area contributed by atoms with Gasteiger partial charge in [-0.05, 0) is 55.0 Å². The largest absolute Gasteiger partial charge is 0.452 e. The summed E-state index contributed by atoms with van der Waals surface area (Å²) in [5.41, 5.74) is 2.26. The van der Waals surface area contributed by atoms with E-state index < -0.39 is 24.4 Å². The SMILES string of the molecule is Cc1cc(NC(=O)COC(=O)c2ccc(NC(=O)CC#N)cc2)ccc1Br. The Morgan fingerprint density at radius 2 is 1.67 bits per heavy atom. The quantitative estimate of drug-likeness (QED) is 0.683. The second-order valence-corrected chi connectivity index (χ2v) is 6.40. The highest BCUT2D eigenvalue weighted by Gasteiger charge is 2.11. The highest BCUT2D eigenvalue weighted by Crippen LogP contribution is 2.20. The number of aryl methyl sites for hydroxylation is 1. The van der Waals surface area contributed by atoms with Gasteiger partial charge in [-0.3, -0.25) is 9.59 Å². The third-order valence-corrected chi connectivity index (χ3v) is 4.31. The van der Waals surface area contributed by atoms with E-state index in [1.165, 1.54) is 24.3 Å². The number of esters is 1. The Hall–Kier alpha value is -3.18. The number of benzene rings is 2. The summed E-state index contributed by atoms with van der Waals surface area (Å²) in [5, 5.41) is 13.6. The van der Waals surface area contributed by atoms with Gasteiger partial charge in [0, 0.05) is 15.8 Å². The fourth-order valence-corrected chi connectivity index (χ4v) is 2.35. The monoisotopic (exact) mass is 429 g/mol. The maximum atomic E-state index is 12.0. The van der Waals surface area contributed by atoms with Crippen molar-refractivity contribution in [3.8, 4) is 6.07 Å². The Bertz CT molecular complexity index is 904. The van der Waals surface area contributed by atoms with Crippen molar-refractivity contribution in [2.75, 3.05) is 17.2 Å². The lowest BCUT2D eigenvalue weighted by Gasteiger charge is -2.08. The molecule has 0 aliphatic carbocycles. The van der Waals surface area contributed by atoms with Crippen LogP contribution >= 0.6 is 15.9 Å². The fraction of sp³-hybridized carbons (Fsp3) is 0.158. The van der Waals surface area contributed by atoms with Gasteiger partial charge in [-0.25, -0.2) is 4.79 Å². The average Bonchev–Trinajstić information content (AvgIpc) is 2.63. The Balaban J connectivity index is 1.85. The molecular weight excluding hydrogens is 414 g/mol. The first kappa shape index (κ1) is 20.1. The van der Waals surface area contributed by atoms with E-state index in [1.54, 1.807) is 18.2 Å². The van der Waals surface area contributed by atoms with Gasteiger partial charge in [0.05, 0.1) is 11.6 Å². The fourth-order valence-electron chi connectivity index (χ4n) is 2.10. The molecule has 2 N–H and O–H groups in total. The van der Waals surface area contributed by atoms with Crippen LogP contribution in [0.5, 0.6) is 0 Å². The zero-order chi connectivity index (χ0) is 19.8. The topological polar surface area (TPSA) is 108 Å². The van der Waals surface area contributed by atoms with Gasteiger partial charge < -0.3 is 15.4 Å². The third kappa shape index (κ3) is 6.24. The van der Waals surface area contributed by atoms with Crippen LogP contribution in [0.25, 0.3) is 0 Å². The number of carbonyl (C=O) groups excluding carboxylic acids is 3. The normalized spacial score (nSPS) is 9.81. The molecule has 0 saturated carbocycles. The molecule has 2 aromatic carbocycles. The number of ether oxygens (including phenoxy) is 1. The van der Waals surface area contributed by atoms with Crippen LogP contribution < -0.4 is 10.6 Å². The summed E-state index contributed by atoms with van der Waals surface area (Å²) >= 11 is 3.38. The van der Waals surface area contributed by atoms with Crippen molar-refractivity contribution in [3.05, 3.63) is 58.1 Å². The molecular formula is C19H16BrN3O4. The van der Waals surface area contributed by atoms with Gasteiger partial charge in [-0.15, -0.1) is 0 Å². The smallest absolute Gasteiger partial charge is 0.338 e. The number of amides is 2. The van der Waals surface area contributed by atoms with E-state index >= 15 is 0 Å². The van der Waals surface area contributed by atoms with Crippen molar-refractivity contribution in [2.24, 2.45) is 0 Å². The van der Waals surface area contributed by atoms with Gasteiger partial charge >= 0.3 is 5.97 Å². The Morgan fingerprint density at radius 1 is 1.04 bits per heavy atom. The van der Waals surface area contributed by atoms with E-state index in [0.29, 0.717) is 11.4 Å². The second-order valence-electron chi connectivity index (χ2n) is 5.55. The van der Waals surface area contributed by atoms with Crippen molar-refractivity contribution in [1.82, 2.24) is 0 Å². The number of hydrogen-bond acceptors (Lipinski definition) is 5. The zero-order valence-electron chi connectivity index (χ0n) is 14.4. The highest BCUT2D eigenvalue weighted by atomic mass is 79.9. The third-order valence-electron chi connectivity index (χ3n) is 3.42. The van der Waals surface area contributed by atoms with Crippen molar-refractivity contribution < 1.29 is 19.1 Å². The number of carbonyl (C=O) groups is 3. The summed E-state index contributed by atoms with van der Waals surface area (Å²) in [6, 6.07) is 13.0. The summed E-state index contributed by atoms with van der Waals surface area (Å²) in [4.78, 5) is 35.2. The summed E-state index contributed by atoms with van der Waals surface area (Å²) in [5.74, 6) is -1.55. The number of hydrogen-bond donors (Lipinski definition) is 2. The number of nitrogens with one attached hydrogen (secondary N) is 2. The second kappa shape index (κ2) is 9.50. The minimum atomic E-state index is -0.660. The zero-order valence-corrected chi connectivity index (χ0v) is 16.0. The predicted molar refractivity (Wildman–Crippen MR) is 103 cm³/mol. The Kier molecular flexibility index (Phi) is 7.08. The van der Waals surface area contributed by atoms with Gasteiger partial charge in [0.15, 0.2) is 6.61 Å². The minimum absolute atomic E-state index is 0.237. The molecule has 0 unspecified atom stereocenters. The first-order valence-corrected chi connectivity index (χ1v) is 8.68. The summed E-state index contributed by atoms with van der Waals surface area (Å²) in [6.07, 6.45) is -0.253. The van der Waals surface area contributed by atoms with E-state index in [1.807, 2.05) is 13.0 Å². The summed E-state index contributed by atoms with van der Waals surface area (Å²) < 4.78 is 5.91. The van der Waals surface area contributed by atoms with Crippen LogP contribution in [0.15, 0.2) is 46.9 Å². The number of rotatable bonds is 6. The van der Waals surface area contributed by atoms with E-state index in [4.69, 9.17) is 10.00 Å². The first-order chi connectivity index (χ1) is 12.9. The molecule has 0 aliphatic heterocycles. The molecule has 0 bridgehead atoms. The molecule has 138 valence electrons. The summed E-state index contributed by atoms with van der Waals surface area (Å²) in [7, 11) is 0. The Morgan fingerprint density at radius 3 is 2.30 bits per heavy atom. The lowest BCUT2D eigenvalue weighted by molar-refractivity contribution is -0.119. The molecule has 0 aromatic heterocycles. The molecule has 0 saturated heterocycles. The van der Waals surface area contributed by atoms with Crippen molar-refractivity contribution in [1.29, 1.82) is 5.26 Å². The van der Waals surface area contributed by atoms with Gasteiger partial charge in [-0.1, -0.05) is 15.9 Å². The lowest BCUT2D eigenvalue weighted by atomic mass is 10.2. The number of halogens is 1. The number of nitrogens with zero attached hydrogens (tertiary/aromatic N) is 1. The average molecular weight is 430 g/mol. The van der Waals surface area contributed by atoms with Crippen LogP contribution in [0, 0.1) is 18.3 Å². The molecule has 2 amide bonds. The first-order valence-electron chi connectivity index (χ1n) is 7.89. The summed E-state index contributed by atoms with van der Waals surface area (Å²) in [6.45, 7) is 1.47. The number of nitriles is 1. The minimum Gasteiger partial charge on any atom is -0.452 e. The predicted octanol–water partition coefficient (Wildman–Crippen LogP) is 3.41. The number of anilines is 2. The molecule has 7 nitrogen and oxygen atoms in total. The molecule has 2 aromatic rings. The van der Waals surface area contributed by atoms with Gasteiger partial charge in [0.25, 0.3) is 5.91 Å². The van der Waals surface area contributed by atoms with Crippen molar-refractivity contribution in [2.45, 2.75) is 13.3 Å².